The predicted molar refractivity (Wildman–Crippen MR) is 100 cm³/mol. The first-order valence-corrected chi connectivity index (χ1v) is 8.47. The smallest absolute Gasteiger partial charge is 0.258 e. The molecule has 1 amide bonds. The molecule has 0 saturated heterocycles. The number of carbonyl (C=O) groups excluding carboxylic acids is 1. The monoisotopic (exact) mass is 395 g/mol. The maximum absolute atomic E-state index is 12.5. The van der Waals surface area contributed by atoms with Gasteiger partial charge in [0.15, 0.2) is 0 Å². The largest absolute Gasteiger partial charge is 0.322 e. The third-order valence-corrected chi connectivity index (χ3v) is 4.58. The number of aryl methyl sites for hydroxylation is 1. The number of rotatable bonds is 3. The molecular weight excluding hydrogens is 382 g/mol. The Hall–Kier alpha value is -2.93. The quantitative estimate of drug-likeness (QED) is 0.548. The van der Waals surface area contributed by atoms with Crippen molar-refractivity contribution in [1.82, 2.24) is 20.0 Å². The number of hydrogen-bond donors (Lipinski definition) is 2. The molecule has 2 N–H and O–H groups in total. The Bertz CT molecular complexity index is 1080. The van der Waals surface area contributed by atoms with Gasteiger partial charge in [-0.2, -0.15) is 10.2 Å². The van der Waals surface area contributed by atoms with E-state index in [2.05, 4.69) is 36.5 Å². The molecule has 0 fully saturated rings. The van der Waals surface area contributed by atoms with E-state index in [0.29, 0.717) is 11.3 Å². The molecule has 0 aliphatic heterocycles. The van der Waals surface area contributed by atoms with Crippen molar-refractivity contribution in [3.05, 3.63) is 70.6 Å². The van der Waals surface area contributed by atoms with Crippen molar-refractivity contribution in [3.8, 4) is 5.69 Å². The minimum absolute atomic E-state index is 0.209. The number of carbonyl (C=O) groups is 1. The first-order valence-electron chi connectivity index (χ1n) is 7.67. The van der Waals surface area contributed by atoms with E-state index in [-0.39, 0.29) is 5.91 Å². The second kappa shape index (κ2) is 6.18. The van der Waals surface area contributed by atoms with Crippen LogP contribution in [0.4, 0.5) is 5.69 Å². The van der Waals surface area contributed by atoms with E-state index < -0.39 is 0 Å². The Morgan fingerprint density at radius 3 is 2.92 bits per heavy atom. The molecule has 6 nitrogen and oxygen atoms in total. The summed E-state index contributed by atoms with van der Waals surface area (Å²) in [5.74, 6) is -0.209. The van der Waals surface area contributed by atoms with E-state index in [0.717, 1.165) is 26.8 Å². The van der Waals surface area contributed by atoms with Crippen LogP contribution in [0.3, 0.4) is 0 Å². The summed E-state index contributed by atoms with van der Waals surface area (Å²) in [6, 6.07) is 13.4. The van der Waals surface area contributed by atoms with Gasteiger partial charge >= 0.3 is 0 Å². The molecule has 4 aromatic rings. The van der Waals surface area contributed by atoms with Gasteiger partial charge in [0, 0.05) is 17.3 Å². The average Bonchev–Trinajstić information content (AvgIpc) is 3.23. The highest BCUT2D eigenvalue weighted by molar-refractivity contribution is 9.10. The lowest BCUT2D eigenvalue weighted by molar-refractivity contribution is 0.102. The number of amides is 1. The molecule has 4 rings (SSSR count). The zero-order chi connectivity index (χ0) is 17.4. The number of halogens is 1. The molecule has 0 bridgehead atoms. The third kappa shape index (κ3) is 2.94. The zero-order valence-electron chi connectivity index (χ0n) is 13.3. The minimum Gasteiger partial charge on any atom is -0.322 e. The zero-order valence-corrected chi connectivity index (χ0v) is 14.9. The van der Waals surface area contributed by atoms with Crippen molar-refractivity contribution in [2.24, 2.45) is 0 Å². The standard InChI is InChI=1S/C18H14BrN5O/c1-11-4-2-3-5-16(11)24-10-12(9-20-24)18(25)21-13-6-7-15-14(8-13)17(19)23-22-15/h2-10H,1H3,(H,21,25)(H,22,23). The molecule has 7 heteroatoms. The van der Waals surface area contributed by atoms with Gasteiger partial charge in [-0.15, -0.1) is 0 Å². The van der Waals surface area contributed by atoms with Crippen LogP contribution in [0.25, 0.3) is 16.6 Å². The van der Waals surface area contributed by atoms with Gasteiger partial charge in [-0.25, -0.2) is 4.68 Å². The van der Waals surface area contributed by atoms with E-state index in [1.54, 1.807) is 17.1 Å². The number of H-pyrrole nitrogens is 1. The van der Waals surface area contributed by atoms with Crippen LogP contribution in [0.2, 0.25) is 0 Å². The van der Waals surface area contributed by atoms with Crippen LogP contribution >= 0.6 is 15.9 Å². The summed E-state index contributed by atoms with van der Waals surface area (Å²) < 4.78 is 2.49. The molecule has 0 aliphatic rings. The normalized spacial score (nSPS) is 11.0. The van der Waals surface area contributed by atoms with Crippen LogP contribution in [0.5, 0.6) is 0 Å². The molecular formula is C18H14BrN5O. The molecule has 0 atom stereocenters. The summed E-state index contributed by atoms with van der Waals surface area (Å²) >= 11 is 3.40. The van der Waals surface area contributed by atoms with Crippen molar-refractivity contribution in [3.63, 3.8) is 0 Å². The Morgan fingerprint density at radius 1 is 1.24 bits per heavy atom. The van der Waals surface area contributed by atoms with Gasteiger partial charge in [-0.3, -0.25) is 9.89 Å². The van der Waals surface area contributed by atoms with Crippen molar-refractivity contribution in [2.75, 3.05) is 5.32 Å². The van der Waals surface area contributed by atoms with Crippen LogP contribution in [0.15, 0.2) is 59.5 Å². The molecule has 0 aliphatic carbocycles. The molecule has 0 unspecified atom stereocenters. The first kappa shape index (κ1) is 15.6. The van der Waals surface area contributed by atoms with Crippen LogP contribution in [-0.2, 0) is 0 Å². The summed E-state index contributed by atoms with van der Waals surface area (Å²) in [6.07, 6.45) is 3.29. The number of fused-ring (bicyclic) bond motifs is 1. The second-order valence-electron chi connectivity index (χ2n) is 5.68. The topological polar surface area (TPSA) is 75.6 Å². The molecule has 0 radical (unpaired) electrons. The van der Waals surface area contributed by atoms with Gasteiger partial charge in [-0.1, -0.05) is 18.2 Å². The predicted octanol–water partition coefficient (Wildman–Crippen LogP) is 4.07. The van der Waals surface area contributed by atoms with Crippen LogP contribution in [-0.4, -0.2) is 25.9 Å². The van der Waals surface area contributed by atoms with Crippen molar-refractivity contribution < 1.29 is 4.79 Å². The van der Waals surface area contributed by atoms with E-state index >= 15 is 0 Å². The van der Waals surface area contributed by atoms with Gasteiger partial charge in [0.1, 0.15) is 4.60 Å². The average molecular weight is 396 g/mol. The van der Waals surface area contributed by atoms with Crippen molar-refractivity contribution in [2.45, 2.75) is 6.92 Å². The Balaban J connectivity index is 1.59. The van der Waals surface area contributed by atoms with E-state index in [1.165, 1.54) is 0 Å². The number of para-hydroxylation sites is 1. The number of benzene rings is 2. The minimum atomic E-state index is -0.209. The maximum Gasteiger partial charge on any atom is 0.258 e. The first-order chi connectivity index (χ1) is 12.1. The highest BCUT2D eigenvalue weighted by atomic mass is 79.9. The molecule has 25 heavy (non-hydrogen) atoms. The van der Waals surface area contributed by atoms with Gasteiger partial charge in [0.2, 0.25) is 0 Å². The van der Waals surface area contributed by atoms with Crippen LogP contribution < -0.4 is 5.32 Å². The van der Waals surface area contributed by atoms with E-state index in [4.69, 9.17) is 0 Å². The van der Waals surface area contributed by atoms with Crippen molar-refractivity contribution >= 4 is 38.4 Å². The Morgan fingerprint density at radius 2 is 2.08 bits per heavy atom. The van der Waals surface area contributed by atoms with E-state index in [9.17, 15) is 4.79 Å². The third-order valence-electron chi connectivity index (χ3n) is 3.97. The Labute approximate surface area is 152 Å². The van der Waals surface area contributed by atoms with Crippen molar-refractivity contribution in [1.29, 1.82) is 0 Å². The lowest BCUT2D eigenvalue weighted by atomic mass is 10.2. The second-order valence-corrected chi connectivity index (χ2v) is 6.48. The number of anilines is 1. The highest BCUT2D eigenvalue weighted by Gasteiger charge is 2.12. The highest BCUT2D eigenvalue weighted by Crippen LogP contribution is 2.24. The molecule has 2 aromatic carbocycles. The SMILES string of the molecule is Cc1ccccc1-n1cc(C(=O)Nc2ccc3n[nH]c(Br)c3c2)cn1. The van der Waals surface area contributed by atoms with Crippen LogP contribution in [0.1, 0.15) is 15.9 Å². The molecule has 0 spiro atoms. The molecule has 124 valence electrons. The lowest BCUT2D eigenvalue weighted by Gasteiger charge is -2.05. The lowest BCUT2D eigenvalue weighted by Crippen LogP contribution is -2.11. The summed E-state index contributed by atoms with van der Waals surface area (Å²) in [5.41, 5.74) is 4.06. The summed E-state index contributed by atoms with van der Waals surface area (Å²) in [4.78, 5) is 12.5. The van der Waals surface area contributed by atoms with Gasteiger partial charge in [0.25, 0.3) is 5.91 Å². The fraction of sp³-hybridized carbons (Fsp3) is 0.0556. The number of nitrogens with zero attached hydrogens (tertiary/aromatic N) is 3. The molecule has 2 aromatic heterocycles. The number of hydrogen-bond acceptors (Lipinski definition) is 3. The fourth-order valence-electron chi connectivity index (χ4n) is 2.65. The van der Waals surface area contributed by atoms with Gasteiger partial charge in [-0.05, 0) is 52.7 Å². The van der Waals surface area contributed by atoms with Crippen LogP contribution in [0, 0.1) is 6.92 Å². The molecule has 2 heterocycles. The maximum atomic E-state index is 12.5. The molecule has 0 saturated carbocycles. The summed E-state index contributed by atoms with van der Waals surface area (Å²) in [6.45, 7) is 2.01. The summed E-state index contributed by atoms with van der Waals surface area (Å²) in [5, 5.41) is 15.1. The number of aromatic nitrogens is 4. The van der Waals surface area contributed by atoms with Gasteiger partial charge in [0.05, 0.1) is 23.0 Å². The Kier molecular flexibility index (Phi) is 3.85. The number of aromatic amines is 1. The van der Waals surface area contributed by atoms with E-state index in [1.807, 2.05) is 49.4 Å². The number of nitrogens with one attached hydrogen (secondary N) is 2. The van der Waals surface area contributed by atoms with Gasteiger partial charge < -0.3 is 5.32 Å². The fourth-order valence-corrected chi connectivity index (χ4v) is 3.06. The summed E-state index contributed by atoms with van der Waals surface area (Å²) in [7, 11) is 0.